The van der Waals surface area contributed by atoms with Gasteiger partial charge in [0.15, 0.2) is 0 Å². The number of rotatable bonds is 5. The summed E-state index contributed by atoms with van der Waals surface area (Å²) >= 11 is 1.89. The molecule has 1 atom stereocenters. The molecule has 0 aliphatic heterocycles. The van der Waals surface area contributed by atoms with E-state index >= 15 is 0 Å². The first-order valence-electron chi connectivity index (χ1n) is 5.43. The molecule has 0 saturated carbocycles. The lowest BCUT2D eigenvalue weighted by Gasteiger charge is -2.09. The zero-order valence-corrected chi connectivity index (χ0v) is 10.2. The average molecular weight is 219 g/mol. The molecule has 15 heavy (non-hydrogen) atoms. The highest BCUT2D eigenvalue weighted by Crippen LogP contribution is 2.26. The van der Waals surface area contributed by atoms with E-state index in [1.54, 1.807) is 0 Å². The summed E-state index contributed by atoms with van der Waals surface area (Å²) in [6, 6.07) is 9.97. The van der Waals surface area contributed by atoms with E-state index in [4.69, 9.17) is 5.26 Å². The number of nitriles is 1. The third-order valence-corrected chi connectivity index (χ3v) is 3.47. The van der Waals surface area contributed by atoms with Gasteiger partial charge in [-0.1, -0.05) is 26.7 Å². The predicted octanol–water partition coefficient (Wildman–Crippen LogP) is 4.23. The number of hydrogen-bond donors (Lipinski definition) is 0. The van der Waals surface area contributed by atoms with Crippen LogP contribution in [0.25, 0.3) is 0 Å². The summed E-state index contributed by atoms with van der Waals surface area (Å²) in [5, 5.41) is 9.33. The number of thioether (sulfide) groups is 1. The summed E-state index contributed by atoms with van der Waals surface area (Å²) in [6.45, 7) is 4.48. The summed E-state index contributed by atoms with van der Waals surface area (Å²) in [7, 11) is 0. The Balaban J connectivity index is 2.47. The van der Waals surface area contributed by atoms with Crippen LogP contribution in [0.4, 0.5) is 0 Å². The fraction of sp³-hybridized carbons (Fsp3) is 0.462. The lowest BCUT2D eigenvalue weighted by Crippen LogP contribution is -1.94. The van der Waals surface area contributed by atoms with Crippen LogP contribution in [0.3, 0.4) is 0 Å². The minimum Gasteiger partial charge on any atom is -0.192 e. The summed E-state index contributed by atoms with van der Waals surface area (Å²) in [4.78, 5) is 1.26. The van der Waals surface area contributed by atoms with Crippen LogP contribution in [0.15, 0.2) is 29.2 Å². The van der Waals surface area contributed by atoms with E-state index in [2.05, 4.69) is 19.9 Å². The van der Waals surface area contributed by atoms with Gasteiger partial charge in [0.2, 0.25) is 0 Å². The van der Waals surface area contributed by atoms with E-state index < -0.39 is 0 Å². The predicted molar refractivity (Wildman–Crippen MR) is 66.0 cm³/mol. The number of benzene rings is 1. The maximum absolute atomic E-state index is 8.67. The lowest BCUT2D eigenvalue weighted by molar-refractivity contribution is 0.713. The molecule has 0 saturated heterocycles. The van der Waals surface area contributed by atoms with Crippen molar-refractivity contribution in [3.8, 4) is 6.07 Å². The average Bonchev–Trinajstić information content (AvgIpc) is 2.27. The molecular formula is C13H17NS. The second kappa shape index (κ2) is 6.53. The van der Waals surface area contributed by atoms with Gasteiger partial charge in [-0.3, -0.25) is 0 Å². The molecule has 2 heteroatoms. The Hall–Kier alpha value is -0.940. The lowest BCUT2D eigenvalue weighted by atomic mass is 10.2. The van der Waals surface area contributed by atoms with Gasteiger partial charge in [0, 0.05) is 10.1 Å². The highest BCUT2D eigenvalue weighted by atomic mass is 32.2. The molecule has 0 aliphatic rings. The molecule has 0 bridgehead atoms. The molecule has 0 aliphatic carbocycles. The van der Waals surface area contributed by atoms with E-state index in [0.717, 1.165) is 5.56 Å². The Bertz CT molecular complexity index is 323. The largest absolute Gasteiger partial charge is 0.192 e. The van der Waals surface area contributed by atoms with Crippen LogP contribution in [0.1, 0.15) is 38.7 Å². The molecule has 0 N–H and O–H groups in total. The Morgan fingerprint density at radius 2 is 2.00 bits per heavy atom. The van der Waals surface area contributed by atoms with Crippen molar-refractivity contribution in [2.45, 2.75) is 43.3 Å². The van der Waals surface area contributed by atoms with E-state index in [0.29, 0.717) is 5.25 Å². The quantitative estimate of drug-likeness (QED) is 0.692. The topological polar surface area (TPSA) is 23.8 Å². The van der Waals surface area contributed by atoms with Crippen LogP contribution >= 0.6 is 11.8 Å². The van der Waals surface area contributed by atoms with Gasteiger partial charge in [0.05, 0.1) is 11.6 Å². The Kier molecular flexibility index (Phi) is 5.28. The molecule has 1 nitrogen and oxygen atoms in total. The second-order valence-corrected chi connectivity index (χ2v) is 5.22. The zero-order valence-electron chi connectivity index (χ0n) is 9.36. The van der Waals surface area contributed by atoms with E-state index in [-0.39, 0.29) is 0 Å². The zero-order chi connectivity index (χ0) is 11.1. The van der Waals surface area contributed by atoms with Crippen molar-refractivity contribution in [2.24, 2.45) is 0 Å². The Morgan fingerprint density at radius 1 is 1.33 bits per heavy atom. The van der Waals surface area contributed by atoms with Gasteiger partial charge in [0.1, 0.15) is 0 Å². The maximum Gasteiger partial charge on any atom is 0.0991 e. The minimum atomic E-state index is 0.665. The van der Waals surface area contributed by atoms with Crippen LogP contribution in [-0.2, 0) is 0 Å². The highest BCUT2D eigenvalue weighted by Gasteiger charge is 2.03. The highest BCUT2D eigenvalue weighted by molar-refractivity contribution is 7.99. The summed E-state index contributed by atoms with van der Waals surface area (Å²) in [5.41, 5.74) is 0.737. The van der Waals surface area contributed by atoms with E-state index in [9.17, 15) is 0 Å². The van der Waals surface area contributed by atoms with Crippen molar-refractivity contribution < 1.29 is 0 Å². The van der Waals surface area contributed by atoms with Crippen molar-refractivity contribution in [1.29, 1.82) is 5.26 Å². The van der Waals surface area contributed by atoms with Gasteiger partial charge in [-0.25, -0.2) is 0 Å². The molecular weight excluding hydrogens is 202 g/mol. The maximum atomic E-state index is 8.67. The smallest absolute Gasteiger partial charge is 0.0991 e. The first-order chi connectivity index (χ1) is 7.26. The molecule has 1 aromatic rings. The number of unbranched alkanes of at least 4 members (excludes halogenated alkanes) is 1. The normalized spacial score (nSPS) is 12.1. The Morgan fingerprint density at radius 3 is 2.53 bits per heavy atom. The van der Waals surface area contributed by atoms with Crippen LogP contribution in [-0.4, -0.2) is 5.25 Å². The third-order valence-electron chi connectivity index (χ3n) is 2.28. The van der Waals surface area contributed by atoms with Gasteiger partial charge >= 0.3 is 0 Å². The molecule has 0 spiro atoms. The van der Waals surface area contributed by atoms with Gasteiger partial charge in [0.25, 0.3) is 0 Å². The molecule has 0 heterocycles. The van der Waals surface area contributed by atoms with Crippen molar-refractivity contribution in [1.82, 2.24) is 0 Å². The minimum absolute atomic E-state index is 0.665. The standard InChI is InChI=1S/C13H17NS/c1-3-4-5-11(2)15-13-8-6-12(10-14)7-9-13/h6-9,11H,3-5H2,1-2H3. The van der Waals surface area contributed by atoms with E-state index in [1.807, 2.05) is 36.0 Å². The van der Waals surface area contributed by atoms with Crippen molar-refractivity contribution in [3.05, 3.63) is 29.8 Å². The van der Waals surface area contributed by atoms with E-state index in [1.165, 1.54) is 24.2 Å². The molecule has 1 rings (SSSR count). The van der Waals surface area contributed by atoms with Crippen molar-refractivity contribution >= 4 is 11.8 Å². The summed E-state index contributed by atoms with van der Waals surface area (Å²) < 4.78 is 0. The fourth-order valence-corrected chi connectivity index (χ4v) is 2.43. The molecule has 1 unspecified atom stereocenters. The first kappa shape index (κ1) is 12.1. The van der Waals surface area contributed by atoms with Gasteiger partial charge in [-0.2, -0.15) is 5.26 Å². The van der Waals surface area contributed by atoms with Crippen LogP contribution in [0.5, 0.6) is 0 Å². The summed E-state index contributed by atoms with van der Waals surface area (Å²) in [6.07, 6.45) is 3.82. The molecule has 0 fully saturated rings. The van der Waals surface area contributed by atoms with Crippen LogP contribution < -0.4 is 0 Å². The van der Waals surface area contributed by atoms with Crippen LogP contribution in [0, 0.1) is 11.3 Å². The molecule has 0 amide bonds. The van der Waals surface area contributed by atoms with Gasteiger partial charge in [-0.05, 0) is 30.7 Å². The second-order valence-electron chi connectivity index (χ2n) is 3.71. The molecule has 80 valence electrons. The summed E-state index contributed by atoms with van der Waals surface area (Å²) in [5.74, 6) is 0. The monoisotopic (exact) mass is 219 g/mol. The van der Waals surface area contributed by atoms with Crippen LogP contribution in [0.2, 0.25) is 0 Å². The fourth-order valence-electron chi connectivity index (χ4n) is 1.39. The molecule has 1 aromatic carbocycles. The van der Waals surface area contributed by atoms with Crippen molar-refractivity contribution in [2.75, 3.05) is 0 Å². The van der Waals surface area contributed by atoms with Gasteiger partial charge in [-0.15, -0.1) is 11.8 Å². The third kappa shape index (κ3) is 4.40. The van der Waals surface area contributed by atoms with Gasteiger partial charge < -0.3 is 0 Å². The van der Waals surface area contributed by atoms with Crippen molar-refractivity contribution in [3.63, 3.8) is 0 Å². The first-order valence-corrected chi connectivity index (χ1v) is 6.31. The Labute approximate surface area is 96.5 Å². The SMILES string of the molecule is CCCCC(C)Sc1ccc(C#N)cc1. The number of hydrogen-bond acceptors (Lipinski definition) is 2. The number of nitrogens with zero attached hydrogens (tertiary/aromatic N) is 1. The molecule has 0 aromatic heterocycles. The molecule has 0 radical (unpaired) electrons.